The minimum Gasteiger partial charge on any atom is -0.189 e. The summed E-state index contributed by atoms with van der Waals surface area (Å²) >= 11 is 0. The van der Waals surface area contributed by atoms with Crippen LogP contribution in [0.2, 0.25) is 0 Å². The van der Waals surface area contributed by atoms with Crippen LogP contribution in [0.15, 0.2) is 22.5 Å². The zero-order valence-electron chi connectivity index (χ0n) is 4.88. The van der Waals surface area contributed by atoms with E-state index in [2.05, 4.69) is 16.3 Å². The van der Waals surface area contributed by atoms with Gasteiger partial charge in [-0.3, -0.25) is 0 Å². The van der Waals surface area contributed by atoms with E-state index in [-0.39, 0.29) is 0 Å². The number of hydrogen-bond donors (Lipinski definition) is 0. The highest BCUT2D eigenvalue weighted by molar-refractivity contribution is 4.79. The van der Waals surface area contributed by atoms with Crippen LogP contribution in [0.3, 0.4) is 0 Å². The maximum atomic E-state index is 3.87. The SMILES string of the molecule is C1=C\N=N/CCCC/1. The van der Waals surface area contributed by atoms with Crippen molar-refractivity contribution in [3.8, 4) is 0 Å². The molecule has 44 valence electrons. The Kier molecular flexibility index (Phi) is 2.30. The van der Waals surface area contributed by atoms with Gasteiger partial charge in [-0.15, -0.1) is 0 Å². The maximum absolute atomic E-state index is 3.87. The molecular weight excluding hydrogens is 100 g/mol. The normalized spacial score (nSPS) is 28.0. The molecule has 1 aliphatic heterocycles. The predicted octanol–water partition coefficient (Wildman–Crippen LogP) is 2.14. The van der Waals surface area contributed by atoms with E-state index >= 15 is 0 Å². The molecule has 8 heavy (non-hydrogen) atoms. The van der Waals surface area contributed by atoms with Crippen molar-refractivity contribution >= 4 is 0 Å². The van der Waals surface area contributed by atoms with Gasteiger partial charge in [0, 0.05) is 6.20 Å². The van der Waals surface area contributed by atoms with Gasteiger partial charge < -0.3 is 0 Å². The Labute approximate surface area is 49.3 Å². The Bertz CT molecular complexity index is 91.1. The van der Waals surface area contributed by atoms with Crippen LogP contribution in [-0.4, -0.2) is 6.54 Å². The molecule has 0 saturated carbocycles. The summed E-state index contributed by atoms with van der Waals surface area (Å²) in [5.74, 6) is 0. The molecule has 0 aromatic carbocycles. The molecule has 0 amide bonds. The van der Waals surface area contributed by atoms with Gasteiger partial charge in [0.05, 0.1) is 6.54 Å². The van der Waals surface area contributed by atoms with Crippen LogP contribution in [-0.2, 0) is 0 Å². The van der Waals surface area contributed by atoms with Gasteiger partial charge in [-0.2, -0.15) is 10.2 Å². The number of allylic oxidation sites excluding steroid dienone is 1. The van der Waals surface area contributed by atoms with Crippen molar-refractivity contribution in [1.29, 1.82) is 0 Å². The zero-order valence-corrected chi connectivity index (χ0v) is 4.88. The Hall–Kier alpha value is -0.660. The fraction of sp³-hybridized carbons (Fsp3) is 0.667. The lowest BCUT2D eigenvalue weighted by Crippen LogP contribution is -1.80. The molecule has 1 aliphatic rings. The molecule has 0 spiro atoms. The fourth-order valence-corrected chi connectivity index (χ4v) is 0.671. The summed E-state index contributed by atoms with van der Waals surface area (Å²) in [6, 6.07) is 0. The lowest BCUT2D eigenvalue weighted by molar-refractivity contribution is 0.726. The maximum Gasteiger partial charge on any atom is 0.0603 e. The minimum atomic E-state index is 0.907. The Morgan fingerprint density at radius 1 is 1.25 bits per heavy atom. The van der Waals surface area contributed by atoms with E-state index in [1.807, 2.05) is 0 Å². The molecule has 2 nitrogen and oxygen atoms in total. The summed E-state index contributed by atoms with van der Waals surface area (Å²) in [6.45, 7) is 0.907. The molecule has 1 heterocycles. The lowest BCUT2D eigenvalue weighted by Gasteiger charge is -1.93. The first-order chi connectivity index (χ1) is 4.00. The molecule has 0 bridgehead atoms. The molecule has 0 unspecified atom stereocenters. The minimum absolute atomic E-state index is 0.907. The van der Waals surface area contributed by atoms with Gasteiger partial charge in [-0.25, -0.2) is 0 Å². The molecule has 1 rings (SSSR count). The first kappa shape index (κ1) is 5.48. The van der Waals surface area contributed by atoms with Crippen LogP contribution in [0, 0.1) is 0 Å². The van der Waals surface area contributed by atoms with E-state index in [0.29, 0.717) is 0 Å². The Morgan fingerprint density at radius 3 is 3.25 bits per heavy atom. The third-order valence-electron chi connectivity index (χ3n) is 1.13. The number of nitrogens with zero attached hydrogens (tertiary/aromatic N) is 2. The fourth-order valence-electron chi connectivity index (χ4n) is 0.671. The van der Waals surface area contributed by atoms with E-state index in [4.69, 9.17) is 0 Å². The van der Waals surface area contributed by atoms with Crippen molar-refractivity contribution < 1.29 is 0 Å². The van der Waals surface area contributed by atoms with Gasteiger partial charge in [0.25, 0.3) is 0 Å². The van der Waals surface area contributed by atoms with Gasteiger partial charge in [0.2, 0.25) is 0 Å². The van der Waals surface area contributed by atoms with Crippen LogP contribution in [0.25, 0.3) is 0 Å². The van der Waals surface area contributed by atoms with Crippen LogP contribution in [0.4, 0.5) is 0 Å². The zero-order chi connectivity index (χ0) is 5.66. The highest BCUT2D eigenvalue weighted by Gasteiger charge is 1.85. The van der Waals surface area contributed by atoms with Crippen molar-refractivity contribution in [2.45, 2.75) is 19.3 Å². The first-order valence-electron chi connectivity index (χ1n) is 3.02. The topological polar surface area (TPSA) is 24.7 Å². The monoisotopic (exact) mass is 110 g/mol. The van der Waals surface area contributed by atoms with Gasteiger partial charge in [-0.1, -0.05) is 6.08 Å². The molecule has 0 atom stereocenters. The average molecular weight is 110 g/mol. The summed E-state index contributed by atoms with van der Waals surface area (Å²) < 4.78 is 0. The molecule has 0 N–H and O–H groups in total. The second-order valence-electron chi connectivity index (χ2n) is 1.86. The van der Waals surface area contributed by atoms with Crippen molar-refractivity contribution in [3.05, 3.63) is 12.3 Å². The summed E-state index contributed by atoms with van der Waals surface area (Å²) in [5, 5.41) is 7.64. The molecule has 0 radical (unpaired) electrons. The summed E-state index contributed by atoms with van der Waals surface area (Å²) in [4.78, 5) is 0. The largest absolute Gasteiger partial charge is 0.189 e. The Balaban J connectivity index is 2.33. The summed E-state index contributed by atoms with van der Waals surface area (Å²) in [6.07, 6.45) is 7.45. The third kappa shape index (κ3) is 1.87. The van der Waals surface area contributed by atoms with Crippen LogP contribution >= 0.6 is 0 Å². The quantitative estimate of drug-likeness (QED) is 0.456. The van der Waals surface area contributed by atoms with Gasteiger partial charge >= 0.3 is 0 Å². The van der Waals surface area contributed by atoms with Gasteiger partial charge in [-0.05, 0) is 19.3 Å². The molecule has 0 fully saturated rings. The second-order valence-corrected chi connectivity index (χ2v) is 1.86. The third-order valence-corrected chi connectivity index (χ3v) is 1.13. The number of rotatable bonds is 0. The molecule has 0 aliphatic carbocycles. The standard InChI is InChI=1S/C6H10N2/c1-2-4-6-8-7-5-3-1/h3,5H,1-2,4,6H2/b5-3-,8-7-. The molecule has 0 aromatic rings. The van der Waals surface area contributed by atoms with Crippen molar-refractivity contribution in [2.75, 3.05) is 6.54 Å². The van der Waals surface area contributed by atoms with Crippen molar-refractivity contribution in [1.82, 2.24) is 0 Å². The van der Waals surface area contributed by atoms with E-state index in [1.54, 1.807) is 6.20 Å². The predicted molar refractivity (Wildman–Crippen MR) is 32.7 cm³/mol. The van der Waals surface area contributed by atoms with Crippen LogP contribution in [0.5, 0.6) is 0 Å². The van der Waals surface area contributed by atoms with Gasteiger partial charge in [0.1, 0.15) is 0 Å². The highest BCUT2D eigenvalue weighted by Crippen LogP contribution is 2.00. The van der Waals surface area contributed by atoms with Crippen LogP contribution < -0.4 is 0 Å². The molecule has 0 aromatic heterocycles. The second kappa shape index (κ2) is 3.36. The van der Waals surface area contributed by atoms with Crippen LogP contribution in [0.1, 0.15) is 19.3 Å². The smallest absolute Gasteiger partial charge is 0.0603 e. The molecular formula is C6H10N2. The van der Waals surface area contributed by atoms with E-state index < -0.39 is 0 Å². The van der Waals surface area contributed by atoms with Crippen molar-refractivity contribution in [3.63, 3.8) is 0 Å². The highest BCUT2D eigenvalue weighted by atomic mass is 15.1. The van der Waals surface area contributed by atoms with E-state index in [0.717, 1.165) is 6.54 Å². The number of azo groups is 1. The molecule has 2 heteroatoms. The van der Waals surface area contributed by atoms with E-state index in [9.17, 15) is 0 Å². The molecule has 0 saturated heterocycles. The first-order valence-corrected chi connectivity index (χ1v) is 3.02. The summed E-state index contributed by atoms with van der Waals surface area (Å²) in [5.41, 5.74) is 0. The number of hydrogen-bond acceptors (Lipinski definition) is 2. The van der Waals surface area contributed by atoms with Crippen molar-refractivity contribution in [2.24, 2.45) is 10.2 Å². The summed E-state index contributed by atoms with van der Waals surface area (Å²) in [7, 11) is 0. The Morgan fingerprint density at radius 2 is 2.25 bits per heavy atom. The lowest BCUT2D eigenvalue weighted by atomic mass is 10.2. The van der Waals surface area contributed by atoms with Gasteiger partial charge in [0.15, 0.2) is 0 Å². The van der Waals surface area contributed by atoms with E-state index in [1.165, 1.54) is 19.3 Å². The average Bonchev–Trinajstić information content (AvgIpc) is 1.62.